The lowest BCUT2D eigenvalue weighted by molar-refractivity contribution is 1.29. The lowest BCUT2D eigenvalue weighted by atomic mass is 9.92. The van der Waals surface area contributed by atoms with Crippen molar-refractivity contribution in [1.82, 2.24) is 0 Å². The fraction of sp³-hybridized carbons (Fsp3) is 0.111. The molecule has 0 nitrogen and oxygen atoms in total. The number of alkyl halides is 2. The van der Waals surface area contributed by atoms with Crippen LogP contribution in [0.2, 0.25) is 0 Å². The Morgan fingerprint density at radius 3 is 2.05 bits per heavy atom. The van der Waals surface area contributed by atoms with Crippen molar-refractivity contribution in [3.63, 3.8) is 0 Å². The molecular weight excluding hydrogens is 287 g/mol. The Balaban J connectivity index is 2.39. The monoisotopic (exact) mass is 300 g/mol. The summed E-state index contributed by atoms with van der Waals surface area (Å²) in [5.41, 5.74) is 4.48. The number of hydrogen-bond donors (Lipinski definition) is 0. The van der Waals surface area contributed by atoms with Gasteiger partial charge >= 0.3 is 0 Å². The zero-order valence-corrected chi connectivity index (χ0v) is 12.6. The van der Waals surface area contributed by atoms with Crippen LogP contribution < -0.4 is 0 Å². The van der Waals surface area contributed by atoms with Gasteiger partial charge in [0.1, 0.15) is 4.84 Å². The first-order chi connectivity index (χ1) is 9.68. The smallest absolute Gasteiger partial charge is 0.100 e. The molecule has 0 bridgehead atoms. The Morgan fingerprint density at radius 1 is 0.800 bits per heavy atom. The molecule has 20 heavy (non-hydrogen) atoms. The summed E-state index contributed by atoms with van der Waals surface area (Å²) >= 11 is 12.3. The predicted octanol–water partition coefficient (Wildman–Crippen LogP) is 6.29. The van der Waals surface area contributed by atoms with Crippen molar-refractivity contribution >= 4 is 34.0 Å². The molecule has 3 aromatic rings. The molecular formula is C18H14Cl2. The van der Waals surface area contributed by atoms with Crippen molar-refractivity contribution < 1.29 is 0 Å². The SMILES string of the molecule is Cc1c(C(Cl)Cl)cc(-c2ccccc2)c2ccccc12. The predicted molar refractivity (Wildman–Crippen MR) is 88.6 cm³/mol. The van der Waals surface area contributed by atoms with E-state index >= 15 is 0 Å². The van der Waals surface area contributed by atoms with E-state index in [9.17, 15) is 0 Å². The minimum absolute atomic E-state index is 0.512. The Morgan fingerprint density at radius 2 is 1.40 bits per heavy atom. The lowest BCUT2D eigenvalue weighted by Gasteiger charge is -2.15. The zero-order valence-electron chi connectivity index (χ0n) is 11.1. The van der Waals surface area contributed by atoms with Crippen LogP contribution in [0.5, 0.6) is 0 Å². The van der Waals surface area contributed by atoms with Crippen LogP contribution in [-0.2, 0) is 0 Å². The Kier molecular flexibility index (Phi) is 3.69. The zero-order chi connectivity index (χ0) is 14.1. The van der Waals surface area contributed by atoms with Crippen LogP contribution in [0.1, 0.15) is 16.0 Å². The molecule has 3 rings (SSSR count). The molecule has 0 N–H and O–H groups in total. The third-order valence-electron chi connectivity index (χ3n) is 3.67. The van der Waals surface area contributed by atoms with Crippen molar-refractivity contribution in [3.05, 3.63) is 71.8 Å². The molecule has 0 aliphatic rings. The van der Waals surface area contributed by atoms with E-state index in [0.29, 0.717) is 0 Å². The van der Waals surface area contributed by atoms with E-state index in [2.05, 4.69) is 43.3 Å². The minimum atomic E-state index is -0.512. The first kappa shape index (κ1) is 13.5. The highest BCUT2D eigenvalue weighted by Crippen LogP contribution is 2.38. The summed E-state index contributed by atoms with van der Waals surface area (Å²) in [5.74, 6) is 0. The summed E-state index contributed by atoms with van der Waals surface area (Å²) in [6.07, 6.45) is 0. The van der Waals surface area contributed by atoms with Gasteiger partial charge in [-0.25, -0.2) is 0 Å². The molecule has 0 radical (unpaired) electrons. The van der Waals surface area contributed by atoms with Crippen LogP contribution >= 0.6 is 23.2 Å². The highest BCUT2D eigenvalue weighted by atomic mass is 35.5. The van der Waals surface area contributed by atoms with Crippen molar-refractivity contribution in [2.45, 2.75) is 11.8 Å². The van der Waals surface area contributed by atoms with Gasteiger partial charge < -0.3 is 0 Å². The van der Waals surface area contributed by atoms with Crippen molar-refractivity contribution in [1.29, 1.82) is 0 Å². The van der Waals surface area contributed by atoms with E-state index in [1.54, 1.807) is 0 Å². The minimum Gasteiger partial charge on any atom is -0.100 e. The van der Waals surface area contributed by atoms with Crippen LogP contribution in [0.15, 0.2) is 60.7 Å². The van der Waals surface area contributed by atoms with E-state index in [-0.39, 0.29) is 0 Å². The largest absolute Gasteiger partial charge is 0.133 e. The molecule has 0 spiro atoms. The quantitative estimate of drug-likeness (QED) is 0.488. The molecule has 0 aliphatic carbocycles. The van der Waals surface area contributed by atoms with Gasteiger partial charge in [0.25, 0.3) is 0 Å². The third-order valence-corrected chi connectivity index (χ3v) is 4.14. The summed E-state index contributed by atoms with van der Waals surface area (Å²) in [5, 5.41) is 2.43. The Labute approximate surface area is 129 Å². The Hall–Kier alpha value is -1.50. The van der Waals surface area contributed by atoms with Crippen LogP contribution in [0.3, 0.4) is 0 Å². The van der Waals surface area contributed by atoms with Crippen molar-refractivity contribution in [2.24, 2.45) is 0 Å². The van der Waals surface area contributed by atoms with E-state index in [1.807, 2.05) is 24.3 Å². The van der Waals surface area contributed by atoms with Gasteiger partial charge in [-0.1, -0.05) is 54.6 Å². The maximum atomic E-state index is 6.13. The molecule has 0 unspecified atom stereocenters. The third kappa shape index (κ3) is 2.30. The average Bonchev–Trinajstić information content (AvgIpc) is 2.48. The molecule has 100 valence electrons. The molecule has 3 aromatic carbocycles. The molecule has 0 heterocycles. The number of benzene rings is 3. The second kappa shape index (κ2) is 5.47. The molecule has 0 atom stereocenters. The van der Waals surface area contributed by atoms with Crippen molar-refractivity contribution in [2.75, 3.05) is 0 Å². The normalized spacial score (nSPS) is 11.2. The first-order valence-electron chi connectivity index (χ1n) is 6.54. The lowest BCUT2D eigenvalue weighted by Crippen LogP contribution is -1.93. The maximum absolute atomic E-state index is 6.13. The van der Waals surface area contributed by atoms with Gasteiger partial charge in [0.2, 0.25) is 0 Å². The number of aryl methyl sites for hydroxylation is 1. The van der Waals surface area contributed by atoms with Gasteiger partial charge in [0.05, 0.1) is 0 Å². The van der Waals surface area contributed by atoms with Crippen LogP contribution in [0.25, 0.3) is 21.9 Å². The van der Waals surface area contributed by atoms with Gasteiger partial charge in [0.15, 0.2) is 0 Å². The van der Waals surface area contributed by atoms with Gasteiger partial charge in [-0.3, -0.25) is 0 Å². The van der Waals surface area contributed by atoms with Crippen LogP contribution in [-0.4, -0.2) is 0 Å². The summed E-state index contributed by atoms with van der Waals surface area (Å²) in [7, 11) is 0. The molecule has 0 fully saturated rings. The topological polar surface area (TPSA) is 0 Å². The number of fused-ring (bicyclic) bond motifs is 1. The molecule has 0 amide bonds. The summed E-state index contributed by atoms with van der Waals surface area (Å²) in [6, 6.07) is 20.8. The van der Waals surface area contributed by atoms with Gasteiger partial charge in [-0.2, -0.15) is 0 Å². The summed E-state index contributed by atoms with van der Waals surface area (Å²) in [6.45, 7) is 2.07. The molecule has 2 heteroatoms. The van der Waals surface area contributed by atoms with E-state index < -0.39 is 4.84 Å². The molecule has 0 aliphatic heterocycles. The number of rotatable bonds is 2. The van der Waals surface area contributed by atoms with Crippen LogP contribution in [0.4, 0.5) is 0 Å². The van der Waals surface area contributed by atoms with E-state index in [4.69, 9.17) is 23.2 Å². The fourth-order valence-electron chi connectivity index (χ4n) is 2.63. The van der Waals surface area contributed by atoms with Crippen molar-refractivity contribution in [3.8, 4) is 11.1 Å². The molecule has 0 saturated heterocycles. The van der Waals surface area contributed by atoms with Gasteiger partial charge in [-0.05, 0) is 46.0 Å². The van der Waals surface area contributed by atoms with Gasteiger partial charge in [0, 0.05) is 0 Å². The van der Waals surface area contributed by atoms with Crippen LogP contribution in [0, 0.1) is 6.92 Å². The van der Waals surface area contributed by atoms with Gasteiger partial charge in [-0.15, -0.1) is 23.2 Å². The second-order valence-corrected chi connectivity index (χ2v) is 5.95. The van der Waals surface area contributed by atoms with E-state index in [1.165, 1.54) is 21.9 Å². The average molecular weight is 301 g/mol. The molecule has 0 aromatic heterocycles. The highest BCUT2D eigenvalue weighted by molar-refractivity contribution is 6.44. The number of hydrogen-bond acceptors (Lipinski definition) is 0. The molecule has 0 saturated carbocycles. The summed E-state index contributed by atoms with van der Waals surface area (Å²) < 4.78 is 0. The standard InChI is InChI=1S/C18H14Cl2/c1-12-14-9-5-6-10-15(14)17(11-16(12)18(19)20)13-7-3-2-4-8-13/h2-11,18H,1H3. The number of halogens is 2. The summed E-state index contributed by atoms with van der Waals surface area (Å²) in [4.78, 5) is -0.512. The maximum Gasteiger partial charge on any atom is 0.133 e. The highest BCUT2D eigenvalue weighted by Gasteiger charge is 2.14. The second-order valence-electron chi connectivity index (χ2n) is 4.85. The van der Waals surface area contributed by atoms with E-state index in [0.717, 1.165) is 11.1 Å². The fourth-order valence-corrected chi connectivity index (χ4v) is 3.08. The first-order valence-corrected chi connectivity index (χ1v) is 7.41. The Bertz CT molecular complexity index is 746.